The van der Waals surface area contributed by atoms with Crippen molar-refractivity contribution in [1.29, 1.82) is 5.26 Å². The minimum Gasteiger partial charge on any atom is -0.374 e. The van der Waals surface area contributed by atoms with Crippen molar-refractivity contribution >= 4 is 0 Å². The van der Waals surface area contributed by atoms with E-state index in [2.05, 4.69) is 22.9 Å². The standard InChI is InChI=1S/C11H16N4O/c1-2-14-5-6-16-10(8-14)9-15-4-3-13-11(15)7-12/h3-4,10H,2,5-6,8-9H2,1H3. The van der Waals surface area contributed by atoms with Crippen molar-refractivity contribution in [2.75, 3.05) is 26.2 Å². The average molecular weight is 220 g/mol. The fourth-order valence-electron chi connectivity index (χ4n) is 1.97. The molecule has 0 bridgehead atoms. The Hall–Kier alpha value is -1.38. The van der Waals surface area contributed by atoms with Crippen LogP contribution in [0.4, 0.5) is 0 Å². The Morgan fingerprint density at radius 1 is 1.69 bits per heavy atom. The van der Waals surface area contributed by atoms with E-state index in [1.165, 1.54) is 0 Å². The lowest BCUT2D eigenvalue weighted by Crippen LogP contribution is -2.44. The minimum atomic E-state index is 0.162. The van der Waals surface area contributed by atoms with E-state index in [-0.39, 0.29) is 6.10 Å². The third-order valence-corrected chi connectivity index (χ3v) is 2.89. The van der Waals surface area contributed by atoms with Crippen molar-refractivity contribution in [1.82, 2.24) is 14.5 Å². The van der Waals surface area contributed by atoms with Crippen LogP contribution in [0.1, 0.15) is 12.7 Å². The molecule has 1 aromatic rings. The molecule has 0 aliphatic carbocycles. The number of ether oxygens (including phenoxy) is 1. The van der Waals surface area contributed by atoms with Crippen LogP contribution >= 0.6 is 0 Å². The predicted molar refractivity (Wildman–Crippen MR) is 58.8 cm³/mol. The van der Waals surface area contributed by atoms with E-state index in [0.29, 0.717) is 12.4 Å². The van der Waals surface area contributed by atoms with Crippen LogP contribution in [-0.2, 0) is 11.3 Å². The largest absolute Gasteiger partial charge is 0.374 e. The molecule has 1 fully saturated rings. The lowest BCUT2D eigenvalue weighted by Gasteiger charge is -2.32. The van der Waals surface area contributed by atoms with Gasteiger partial charge < -0.3 is 9.30 Å². The van der Waals surface area contributed by atoms with Crippen LogP contribution in [0.3, 0.4) is 0 Å². The number of hydrogen-bond acceptors (Lipinski definition) is 4. The van der Waals surface area contributed by atoms with Crippen molar-refractivity contribution in [3.8, 4) is 6.07 Å². The second-order valence-electron chi connectivity index (χ2n) is 3.90. The highest BCUT2D eigenvalue weighted by molar-refractivity contribution is 5.11. The molecule has 0 N–H and O–H groups in total. The highest BCUT2D eigenvalue weighted by Crippen LogP contribution is 2.08. The number of likely N-dealkylation sites (N-methyl/N-ethyl adjacent to an activating group) is 1. The van der Waals surface area contributed by atoms with E-state index < -0.39 is 0 Å². The first-order valence-electron chi connectivity index (χ1n) is 5.58. The van der Waals surface area contributed by atoms with Crippen molar-refractivity contribution in [3.63, 3.8) is 0 Å². The van der Waals surface area contributed by atoms with Gasteiger partial charge in [-0.05, 0) is 6.54 Å². The molecule has 5 heteroatoms. The van der Waals surface area contributed by atoms with Gasteiger partial charge in [-0.1, -0.05) is 6.92 Å². The first-order valence-corrected chi connectivity index (χ1v) is 5.58. The second-order valence-corrected chi connectivity index (χ2v) is 3.90. The smallest absolute Gasteiger partial charge is 0.212 e. The monoisotopic (exact) mass is 220 g/mol. The maximum atomic E-state index is 8.85. The topological polar surface area (TPSA) is 54.1 Å². The van der Waals surface area contributed by atoms with Gasteiger partial charge in [0, 0.05) is 25.5 Å². The third kappa shape index (κ3) is 2.40. The lowest BCUT2D eigenvalue weighted by molar-refractivity contribution is -0.0344. The summed E-state index contributed by atoms with van der Waals surface area (Å²) in [6.45, 7) is 6.62. The summed E-state index contributed by atoms with van der Waals surface area (Å²) in [7, 11) is 0. The summed E-state index contributed by atoms with van der Waals surface area (Å²) in [5.41, 5.74) is 0. The van der Waals surface area contributed by atoms with Crippen molar-refractivity contribution in [3.05, 3.63) is 18.2 Å². The van der Waals surface area contributed by atoms with Gasteiger partial charge in [0.15, 0.2) is 0 Å². The van der Waals surface area contributed by atoms with Gasteiger partial charge in [0.1, 0.15) is 6.07 Å². The molecule has 0 amide bonds. The summed E-state index contributed by atoms with van der Waals surface area (Å²) in [5, 5.41) is 8.85. The number of rotatable bonds is 3. The predicted octanol–water partition coefficient (Wildman–Crippen LogP) is 0.475. The van der Waals surface area contributed by atoms with E-state index >= 15 is 0 Å². The number of imidazole rings is 1. The van der Waals surface area contributed by atoms with Gasteiger partial charge in [0.2, 0.25) is 5.82 Å². The summed E-state index contributed by atoms with van der Waals surface area (Å²) >= 11 is 0. The molecule has 0 aromatic carbocycles. The first kappa shape index (κ1) is 11.1. The fourth-order valence-corrected chi connectivity index (χ4v) is 1.97. The van der Waals surface area contributed by atoms with Gasteiger partial charge in [0.25, 0.3) is 0 Å². The van der Waals surface area contributed by atoms with Crippen molar-refractivity contribution < 1.29 is 4.74 Å². The second kappa shape index (κ2) is 5.10. The van der Waals surface area contributed by atoms with Crippen LogP contribution < -0.4 is 0 Å². The molecule has 1 aliphatic rings. The molecule has 1 saturated heterocycles. The summed E-state index contributed by atoms with van der Waals surface area (Å²) in [6, 6.07) is 2.07. The van der Waals surface area contributed by atoms with Crippen LogP contribution in [0.5, 0.6) is 0 Å². The Morgan fingerprint density at radius 3 is 3.31 bits per heavy atom. The van der Waals surface area contributed by atoms with Crippen LogP contribution in [0.2, 0.25) is 0 Å². The molecule has 1 aliphatic heterocycles. The summed E-state index contributed by atoms with van der Waals surface area (Å²) in [6.07, 6.45) is 3.64. The Bertz CT molecular complexity index is 382. The Kier molecular flexibility index (Phi) is 3.54. The van der Waals surface area contributed by atoms with Gasteiger partial charge in [0.05, 0.1) is 19.3 Å². The van der Waals surface area contributed by atoms with Gasteiger partial charge >= 0.3 is 0 Å². The van der Waals surface area contributed by atoms with E-state index in [1.54, 1.807) is 6.20 Å². The SMILES string of the molecule is CCN1CCOC(Cn2ccnc2C#N)C1. The van der Waals surface area contributed by atoms with Gasteiger partial charge in [-0.3, -0.25) is 4.90 Å². The molecule has 0 radical (unpaired) electrons. The van der Waals surface area contributed by atoms with E-state index in [4.69, 9.17) is 10.00 Å². The first-order chi connectivity index (χ1) is 7.83. The molecule has 16 heavy (non-hydrogen) atoms. The molecule has 0 saturated carbocycles. The van der Waals surface area contributed by atoms with Gasteiger partial charge in [-0.25, -0.2) is 4.98 Å². The third-order valence-electron chi connectivity index (χ3n) is 2.89. The normalized spacial score (nSPS) is 21.9. The molecule has 86 valence electrons. The molecule has 5 nitrogen and oxygen atoms in total. The molecular weight excluding hydrogens is 204 g/mol. The van der Waals surface area contributed by atoms with Gasteiger partial charge in [-0.15, -0.1) is 0 Å². The zero-order valence-electron chi connectivity index (χ0n) is 9.46. The number of morpholine rings is 1. The quantitative estimate of drug-likeness (QED) is 0.743. The van der Waals surface area contributed by atoms with E-state index in [9.17, 15) is 0 Å². The van der Waals surface area contributed by atoms with Crippen molar-refractivity contribution in [2.45, 2.75) is 19.6 Å². The highest BCUT2D eigenvalue weighted by Gasteiger charge is 2.20. The summed E-state index contributed by atoms with van der Waals surface area (Å²) in [4.78, 5) is 6.33. The molecule has 1 unspecified atom stereocenters. The van der Waals surface area contributed by atoms with Crippen LogP contribution in [-0.4, -0.2) is 46.8 Å². The van der Waals surface area contributed by atoms with Crippen molar-refractivity contribution in [2.24, 2.45) is 0 Å². The summed E-state index contributed by atoms with van der Waals surface area (Å²) < 4.78 is 7.53. The van der Waals surface area contributed by atoms with E-state index in [0.717, 1.165) is 26.2 Å². The fraction of sp³-hybridized carbons (Fsp3) is 0.636. The van der Waals surface area contributed by atoms with Crippen LogP contribution in [0, 0.1) is 11.3 Å². The zero-order valence-corrected chi connectivity index (χ0v) is 9.46. The molecule has 2 heterocycles. The Balaban J connectivity index is 1.97. The number of hydrogen-bond donors (Lipinski definition) is 0. The molecule has 1 atom stereocenters. The van der Waals surface area contributed by atoms with E-state index in [1.807, 2.05) is 10.8 Å². The molecule has 0 spiro atoms. The zero-order chi connectivity index (χ0) is 11.4. The van der Waals surface area contributed by atoms with Crippen LogP contribution in [0.25, 0.3) is 0 Å². The van der Waals surface area contributed by atoms with Gasteiger partial charge in [-0.2, -0.15) is 5.26 Å². The minimum absolute atomic E-state index is 0.162. The maximum absolute atomic E-state index is 8.85. The molecular formula is C11H16N4O. The maximum Gasteiger partial charge on any atom is 0.212 e. The Labute approximate surface area is 95.2 Å². The highest BCUT2D eigenvalue weighted by atomic mass is 16.5. The Morgan fingerprint density at radius 2 is 2.56 bits per heavy atom. The number of nitrogens with zero attached hydrogens (tertiary/aromatic N) is 4. The summed E-state index contributed by atoms with van der Waals surface area (Å²) in [5.74, 6) is 0.456. The number of nitriles is 1. The number of aromatic nitrogens is 2. The molecule has 2 rings (SSSR count). The lowest BCUT2D eigenvalue weighted by atomic mass is 10.2. The van der Waals surface area contributed by atoms with Crippen LogP contribution in [0.15, 0.2) is 12.4 Å². The molecule has 1 aromatic heterocycles. The average Bonchev–Trinajstić information content (AvgIpc) is 2.76.